The summed E-state index contributed by atoms with van der Waals surface area (Å²) in [6, 6.07) is 13.6. The minimum atomic E-state index is -0.0363. The zero-order valence-corrected chi connectivity index (χ0v) is 22.9. The molecule has 8 heteroatoms. The number of nitrogens with zero attached hydrogens (tertiary/aromatic N) is 3. The summed E-state index contributed by atoms with van der Waals surface area (Å²) in [5.74, 6) is 1.18. The van der Waals surface area contributed by atoms with Gasteiger partial charge in [-0.1, -0.05) is 37.5 Å². The van der Waals surface area contributed by atoms with E-state index < -0.39 is 0 Å². The highest BCUT2D eigenvalue weighted by Crippen LogP contribution is 2.37. The van der Waals surface area contributed by atoms with Crippen molar-refractivity contribution in [3.8, 4) is 17.6 Å². The van der Waals surface area contributed by atoms with Gasteiger partial charge in [0, 0.05) is 18.7 Å². The zero-order valence-electron chi connectivity index (χ0n) is 19.9. The van der Waals surface area contributed by atoms with Gasteiger partial charge < -0.3 is 14.4 Å². The molecule has 2 aliphatic rings. The SMILES string of the molecule is CCOc1cc(/C=C2/C(=O)N(C3CCCCC3)C(=S)N2C)cc(I)c1OCc1ccccc1C#N. The molecular formula is C27H28IN3O3S. The number of benzene rings is 2. The normalized spacial score (nSPS) is 17.7. The number of nitriles is 1. The molecule has 1 heterocycles. The molecule has 1 amide bonds. The van der Waals surface area contributed by atoms with Crippen LogP contribution >= 0.6 is 34.8 Å². The van der Waals surface area contributed by atoms with Crippen LogP contribution in [-0.2, 0) is 11.4 Å². The number of hydrogen-bond acceptors (Lipinski definition) is 5. The van der Waals surface area contributed by atoms with Crippen LogP contribution < -0.4 is 9.47 Å². The van der Waals surface area contributed by atoms with Crippen LogP contribution in [-0.4, -0.2) is 40.5 Å². The first kappa shape index (κ1) is 25.5. The first-order valence-corrected chi connectivity index (χ1v) is 13.3. The van der Waals surface area contributed by atoms with E-state index in [1.165, 1.54) is 6.42 Å². The molecule has 1 saturated heterocycles. The third-order valence-corrected chi connectivity index (χ3v) is 7.65. The Hall–Kier alpha value is -2.64. The Morgan fingerprint density at radius 2 is 1.94 bits per heavy atom. The number of halogens is 1. The minimum absolute atomic E-state index is 0.0363. The van der Waals surface area contributed by atoms with E-state index in [0.717, 1.165) is 40.4 Å². The lowest BCUT2D eigenvalue weighted by atomic mass is 9.94. The number of rotatable bonds is 7. The van der Waals surface area contributed by atoms with Crippen LogP contribution in [0.5, 0.6) is 11.5 Å². The number of carbonyl (C=O) groups is 1. The van der Waals surface area contributed by atoms with Crippen molar-refractivity contribution < 1.29 is 14.3 Å². The van der Waals surface area contributed by atoms with Gasteiger partial charge in [0.05, 0.1) is 21.8 Å². The number of thiocarbonyl (C=S) groups is 1. The van der Waals surface area contributed by atoms with Crippen LogP contribution in [0.25, 0.3) is 6.08 Å². The highest BCUT2D eigenvalue weighted by atomic mass is 127. The average molecular weight is 602 g/mol. The van der Waals surface area contributed by atoms with Gasteiger partial charge in [0.2, 0.25) is 0 Å². The maximum Gasteiger partial charge on any atom is 0.277 e. The molecule has 0 spiro atoms. The summed E-state index contributed by atoms with van der Waals surface area (Å²) < 4.78 is 12.9. The van der Waals surface area contributed by atoms with Gasteiger partial charge in [-0.15, -0.1) is 0 Å². The van der Waals surface area contributed by atoms with Gasteiger partial charge in [-0.2, -0.15) is 5.26 Å². The second-order valence-corrected chi connectivity index (χ2v) is 10.2. The molecule has 0 radical (unpaired) electrons. The monoisotopic (exact) mass is 601 g/mol. The molecule has 0 aromatic heterocycles. The number of amides is 1. The summed E-state index contributed by atoms with van der Waals surface area (Å²) in [6.07, 6.45) is 7.36. The molecule has 0 atom stereocenters. The molecule has 1 aliphatic carbocycles. The lowest BCUT2D eigenvalue weighted by Gasteiger charge is -2.30. The quantitative estimate of drug-likeness (QED) is 0.225. The average Bonchev–Trinajstić information content (AvgIpc) is 3.07. The third kappa shape index (κ3) is 5.46. The molecule has 4 rings (SSSR count). The van der Waals surface area contributed by atoms with Gasteiger partial charge in [-0.3, -0.25) is 9.69 Å². The number of hydrogen-bond donors (Lipinski definition) is 0. The van der Waals surface area contributed by atoms with E-state index in [1.54, 1.807) is 11.0 Å². The van der Waals surface area contributed by atoms with Gasteiger partial charge in [0.25, 0.3) is 5.91 Å². The summed E-state index contributed by atoms with van der Waals surface area (Å²) in [5, 5.41) is 9.94. The van der Waals surface area contributed by atoms with Gasteiger partial charge in [-0.05, 0) is 84.4 Å². The fourth-order valence-corrected chi connectivity index (χ4v) is 5.69. The second-order valence-electron chi connectivity index (χ2n) is 8.66. The Morgan fingerprint density at radius 3 is 2.66 bits per heavy atom. The fourth-order valence-electron chi connectivity index (χ4n) is 4.58. The van der Waals surface area contributed by atoms with Crippen molar-refractivity contribution in [1.82, 2.24) is 9.80 Å². The van der Waals surface area contributed by atoms with Crippen LogP contribution in [0.4, 0.5) is 0 Å². The largest absolute Gasteiger partial charge is 0.490 e. The van der Waals surface area contributed by atoms with Gasteiger partial charge in [-0.25, -0.2) is 0 Å². The van der Waals surface area contributed by atoms with E-state index in [9.17, 15) is 10.1 Å². The maximum absolute atomic E-state index is 13.4. The molecule has 1 saturated carbocycles. The Bertz CT molecular complexity index is 1200. The van der Waals surface area contributed by atoms with E-state index in [-0.39, 0.29) is 18.6 Å². The number of ether oxygens (including phenoxy) is 2. The molecule has 2 aromatic rings. The Balaban J connectivity index is 1.61. The second kappa shape index (κ2) is 11.4. The zero-order chi connectivity index (χ0) is 24.9. The standard InChI is InChI=1S/C27H28IN3O3S/c1-3-33-24-15-18(13-22(28)25(24)34-17-20-10-8-7-9-19(20)16-29)14-23-26(32)31(27(35)30(23)2)21-11-5-4-6-12-21/h7-10,13-15,21H,3-6,11-12,17H2,1-2H3/b23-14-. The highest BCUT2D eigenvalue weighted by Gasteiger charge is 2.40. The van der Waals surface area contributed by atoms with Crippen molar-refractivity contribution in [2.75, 3.05) is 13.7 Å². The van der Waals surface area contributed by atoms with Crippen LogP contribution in [0.2, 0.25) is 0 Å². The topological polar surface area (TPSA) is 65.8 Å². The van der Waals surface area contributed by atoms with Crippen molar-refractivity contribution in [3.05, 3.63) is 62.4 Å². The smallest absolute Gasteiger partial charge is 0.277 e. The van der Waals surface area contributed by atoms with Gasteiger partial charge in [0.1, 0.15) is 12.3 Å². The van der Waals surface area contributed by atoms with Crippen LogP contribution in [0, 0.1) is 14.9 Å². The number of likely N-dealkylation sites (N-methyl/N-ethyl adjacent to an activating group) is 1. The van der Waals surface area contributed by atoms with Crippen molar-refractivity contribution >= 4 is 51.9 Å². The summed E-state index contributed by atoms with van der Waals surface area (Å²) in [7, 11) is 1.85. The lowest BCUT2D eigenvalue weighted by Crippen LogP contribution is -2.41. The fraction of sp³-hybridized carbons (Fsp3) is 0.370. The summed E-state index contributed by atoms with van der Waals surface area (Å²) in [6.45, 7) is 2.65. The molecule has 0 N–H and O–H groups in total. The van der Waals surface area contributed by atoms with Gasteiger partial charge in [0.15, 0.2) is 16.6 Å². The van der Waals surface area contributed by atoms with Crippen molar-refractivity contribution in [1.29, 1.82) is 5.26 Å². The van der Waals surface area contributed by atoms with Crippen molar-refractivity contribution in [2.24, 2.45) is 0 Å². The molecule has 35 heavy (non-hydrogen) atoms. The molecule has 182 valence electrons. The van der Waals surface area contributed by atoms with Crippen LogP contribution in [0.3, 0.4) is 0 Å². The maximum atomic E-state index is 13.4. The van der Waals surface area contributed by atoms with Crippen molar-refractivity contribution in [3.63, 3.8) is 0 Å². The van der Waals surface area contributed by atoms with E-state index in [4.69, 9.17) is 21.7 Å². The van der Waals surface area contributed by atoms with Gasteiger partial charge >= 0.3 is 0 Å². The first-order chi connectivity index (χ1) is 16.9. The molecule has 2 fully saturated rings. The molecule has 0 bridgehead atoms. The Labute approximate surface area is 225 Å². The summed E-state index contributed by atoms with van der Waals surface area (Å²) in [4.78, 5) is 17.0. The van der Waals surface area contributed by atoms with E-state index in [0.29, 0.717) is 34.5 Å². The Kier molecular flexibility index (Phi) is 8.29. The minimum Gasteiger partial charge on any atom is -0.490 e. The highest BCUT2D eigenvalue weighted by molar-refractivity contribution is 14.1. The first-order valence-electron chi connectivity index (χ1n) is 11.8. The van der Waals surface area contributed by atoms with Crippen molar-refractivity contribution in [2.45, 2.75) is 51.7 Å². The molecule has 6 nitrogen and oxygen atoms in total. The summed E-state index contributed by atoms with van der Waals surface area (Å²) >= 11 is 7.87. The molecular weight excluding hydrogens is 573 g/mol. The van der Waals surface area contributed by atoms with E-state index >= 15 is 0 Å². The Morgan fingerprint density at radius 1 is 1.20 bits per heavy atom. The summed E-state index contributed by atoms with van der Waals surface area (Å²) in [5.41, 5.74) is 2.80. The van der Waals surface area contributed by atoms with E-state index in [2.05, 4.69) is 28.7 Å². The third-order valence-electron chi connectivity index (χ3n) is 6.38. The van der Waals surface area contributed by atoms with E-state index in [1.807, 2.05) is 55.3 Å². The number of carbonyl (C=O) groups excluding carboxylic acids is 1. The molecule has 1 aliphatic heterocycles. The predicted octanol–water partition coefficient (Wildman–Crippen LogP) is 5.87. The molecule has 0 unspecified atom stereocenters. The molecule has 2 aromatic carbocycles. The predicted molar refractivity (Wildman–Crippen MR) is 148 cm³/mol. The van der Waals surface area contributed by atoms with Crippen LogP contribution in [0.15, 0.2) is 42.1 Å². The lowest BCUT2D eigenvalue weighted by molar-refractivity contribution is -0.124. The van der Waals surface area contributed by atoms with Crippen LogP contribution in [0.1, 0.15) is 55.7 Å².